The van der Waals surface area contributed by atoms with Crippen molar-refractivity contribution in [3.63, 3.8) is 0 Å². The molecule has 192 valence electrons. The van der Waals surface area contributed by atoms with Gasteiger partial charge in [-0.1, -0.05) is 62.3 Å². The zero-order chi connectivity index (χ0) is 26.5. The highest BCUT2D eigenvalue weighted by atomic mass is 19.1. The van der Waals surface area contributed by atoms with Crippen molar-refractivity contribution in [2.24, 2.45) is 0 Å². The molecule has 0 aliphatic carbocycles. The van der Waals surface area contributed by atoms with E-state index in [4.69, 9.17) is 5.11 Å². The fourth-order valence-corrected chi connectivity index (χ4v) is 3.96. The van der Waals surface area contributed by atoms with Crippen LogP contribution in [0.4, 0.5) is 10.1 Å². The van der Waals surface area contributed by atoms with Crippen molar-refractivity contribution in [2.75, 3.05) is 11.9 Å². The Balaban J connectivity index is 1.35. The number of unbranched alkanes of at least 4 members (excludes halogenated alkanes) is 4. The number of halogens is 1. The number of rotatable bonds is 13. The minimum Gasteiger partial charge on any atom is -0.478 e. The minimum atomic E-state index is -1.28. The summed E-state index contributed by atoms with van der Waals surface area (Å²) in [5.41, 5.74) is 4.17. The molecular weight excluding hydrogens is 465 g/mol. The second kappa shape index (κ2) is 14.6. The molecule has 0 bridgehead atoms. The molecule has 37 heavy (non-hydrogen) atoms. The van der Waals surface area contributed by atoms with Gasteiger partial charge in [-0.15, -0.1) is 0 Å². The van der Waals surface area contributed by atoms with Crippen LogP contribution >= 0.6 is 0 Å². The van der Waals surface area contributed by atoms with Crippen LogP contribution in [-0.2, 0) is 6.42 Å². The van der Waals surface area contributed by atoms with Crippen molar-refractivity contribution in [3.8, 4) is 11.8 Å². The number of nitrogens with one attached hydrogen (secondary N) is 1. The molecule has 4 nitrogen and oxygen atoms in total. The first-order valence-electron chi connectivity index (χ1n) is 13.0. The number of carboxylic acids is 1. The third kappa shape index (κ3) is 9.24. The van der Waals surface area contributed by atoms with Crippen LogP contribution in [0, 0.1) is 17.7 Å². The summed E-state index contributed by atoms with van der Waals surface area (Å²) in [5, 5.41) is 12.1. The molecule has 0 aliphatic rings. The second-order valence-corrected chi connectivity index (χ2v) is 9.14. The summed E-state index contributed by atoms with van der Waals surface area (Å²) in [6, 6.07) is 19.9. The number of carboxylic acid groups (broad SMARTS) is 1. The van der Waals surface area contributed by atoms with Gasteiger partial charge in [0.15, 0.2) is 5.78 Å². The molecule has 0 radical (unpaired) electrons. The van der Waals surface area contributed by atoms with Gasteiger partial charge >= 0.3 is 5.97 Å². The summed E-state index contributed by atoms with van der Waals surface area (Å²) in [6.07, 6.45) is 7.56. The first-order valence-corrected chi connectivity index (χ1v) is 13.0. The van der Waals surface area contributed by atoms with E-state index >= 15 is 0 Å². The molecule has 2 N–H and O–H groups in total. The standard InChI is InChI=1S/C32H34FNO3/c1-2-3-8-24-10-12-25(13-11-24)14-15-26-16-18-27(19-17-26)31(35)9-6-4-5-7-22-34-28-20-21-30(33)29(23-28)32(36)37/h10-13,16-21,23,34H,2-9,22H2,1H3,(H,36,37). The Bertz CT molecular complexity index is 1240. The number of benzene rings is 3. The van der Waals surface area contributed by atoms with E-state index < -0.39 is 11.8 Å². The number of anilines is 1. The van der Waals surface area contributed by atoms with Crippen LogP contribution in [0.5, 0.6) is 0 Å². The molecule has 3 aromatic carbocycles. The van der Waals surface area contributed by atoms with Crippen LogP contribution in [0.3, 0.4) is 0 Å². The van der Waals surface area contributed by atoms with E-state index in [0.29, 0.717) is 24.2 Å². The monoisotopic (exact) mass is 499 g/mol. The minimum absolute atomic E-state index is 0.132. The van der Waals surface area contributed by atoms with Gasteiger partial charge in [-0.05, 0) is 73.7 Å². The largest absolute Gasteiger partial charge is 0.478 e. The first kappa shape index (κ1) is 27.7. The lowest BCUT2D eigenvalue weighted by Gasteiger charge is -2.08. The van der Waals surface area contributed by atoms with Crippen molar-refractivity contribution in [2.45, 2.75) is 58.3 Å². The second-order valence-electron chi connectivity index (χ2n) is 9.14. The average molecular weight is 500 g/mol. The molecule has 0 spiro atoms. The van der Waals surface area contributed by atoms with Gasteiger partial charge in [0.25, 0.3) is 0 Å². The van der Waals surface area contributed by atoms with Crippen molar-refractivity contribution in [1.82, 2.24) is 0 Å². The number of carbonyl (C=O) groups excluding carboxylic acids is 1. The molecule has 3 aromatic rings. The number of ketones is 1. The van der Waals surface area contributed by atoms with E-state index in [0.717, 1.165) is 49.3 Å². The number of carbonyl (C=O) groups is 2. The summed E-state index contributed by atoms with van der Waals surface area (Å²) in [5.74, 6) is 4.47. The fraction of sp³-hybridized carbons (Fsp3) is 0.312. The maximum Gasteiger partial charge on any atom is 0.338 e. The molecule has 0 heterocycles. The number of Topliss-reactive ketones (excluding diaryl/α,β-unsaturated/α-hetero) is 1. The summed E-state index contributed by atoms with van der Waals surface area (Å²) < 4.78 is 13.5. The number of aromatic carboxylic acids is 1. The Morgan fingerprint density at radius 1 is 0.838 bits per heavy atom. The highest BCUT2D eigenvalue weighted by Crippen LogP contribution is 2.16. The van der Waals surface area contributed by atoms with Gasteiger partial charge < -0.3 is 10.4 Å². The number of aryl methyl sites for hydroxylation is 1. The van der Waals surface area contributed by atoms with Crippen LogP contribution in [0.25, 0.3) is 0 Å². The van der Waals surface area contributed by atoms with Crippen molar-refractivity contribution in [1.29, 1.82) is 0 Å². The topological polar surface area (TPSA) is 66.4 Å². The maximum absolute atomic E-state index is 13.5. The van der Waals surface area contributed by atoms with E-state index in [1.807, 2.05) is 24.3 Å². The Hall–Kier alpha value is -3.91. The van der Waals surface area contributed by atoms with Crippen LogP contribution < -0.4 is 5.32 Å². The molecule has 0 unspecified atom stereocenters. The van der Waals surface area contributed by atoms with Crippen LogP contribution in [-0.4, -0.2) is 23.4 Å². The quantitative estimate of drug-likeness (QED) is 0.145. The first-order chi connectivity index (χ1) is 18.0. The zero-order valence-corrected chi connectivity index (χ0v) is 21.4. The van der Waals surface area contributed by atoms with E-state index in [2.05, 4.69) is 48.3 Å². The van der Waals surface area contributed by atoms with Crippen LogP contribution in [0.2, 0.25) is 0 Å². The highest BCUT2D eigenvalue weighted by molar-refractivity contribution is 5.96. The van der Waals surface area contributed by atoms with Crippen LogP contribution in [0.1, 0.15) is 89.3 Å². The number of hydrogen-bond donors (Lipinski definition) is 2. The zero-order valence-electron chi connectivity index (χ0n) is 21.4. The van der Waals surface area contributed by atoms with E-state index in [1.54, 1.807) is 0 Å². The molecule has 5 heteroatoms. The summed E-state index contributed by atoms with van der Waals surface area (Å²) in [6.45, 7) is 2.85. The van der Waals surface area contributed by atoms with Gasteiger partial charge in [0.1, 0.15) is 5.82 Å². The van der Waals surface area contributed by atoms with Gasteiger partial charge in [-0.3, -0.25) is 4.79 Å². The van der Waals surface area contributed by atoms with Gasteiger partial charge in [0.2, 0.25) is 0 Å². The predicted octanol–water partition coefficient (Wildman–Crippen LogP) is 7.51. The third-order valence-corrected chi connectivity index (χ3v) is 6.19. The summed E-state index contributed by atoms with van der Waals surface area (Å²) >= 11 is 0. The molecule has 0 fully saturated rings. The fourth-order valence-electron chi connectivity index (χ4n) is 3.96. The highest BCUT2D eigenvalue weighted by Gasteiger charge is 2.10. The normalized spacial score (nSPS) is 10.4. The van der Waals surface area contributed by atoms with Gasteiger partial charge in [-0.2, -0.15) is 0 Å². The van der Waals surface area contributed by atoms with E-state index in [-0.39, 0.29) is 11.3 Å². The Morgan fingerprint density at radius 2 is 1.49 bits per heavy atom. The lowest BCUT2D eigenvalue weighted by atomic mass is 10.0. The van der Waals surface area contributed by atoms with Gasteiger partial charge in [-0.25, -0.2) is 9.18 Å². The lowest BCUT2D eigenvalue weighted by Crippen LogP contribution is -2.05. The molecule has 0 saturated heterocycles. The molecule has 0 aliphatic heterocycles. The van der Waals surface area contributed by atoms with E-state index in [1.165, 1.54) is 30.5 Å². The van der Waals surface area contributed by atoms with Crippen molar-refractivity contribution < 1.29 is 19.1 Å². The van der Waals surface area contributed by atoms with Gasteiger partial charge in [0, 0.05) is 35.3 Å². The van der Waals surface area contributed by atoms with Crippen molar-refractivity contribution >= 4 is 17.4 Å². The molecular formula is C32H34FNO3. The SMILES string of the molecule is CCCCc1ccc(C#Cc2ccc(C(=O)CCCCCCNc3ccc(F)c(C(=O)O)c3)cc2)cc1. The summed E-state index contributed by atoms with van der Waals surface area (Å²) in [7, 11) is 0. The summed E-state index contributed by atoms with van der Waals surface area (Å²) in [4.78, 5) is 23.5. The maximum atomic E-state index is 13.5. The Labute approximate surface area is 218 Å². The lowest BCUT2D eigenvalue weighted by molar-refractivity contribution is 0.0691. The van der Waals surface area contributed by atoms with Crippen molar-refractivity contribution in [3.05, 3.63) is 100 Å². The smallest absolute Gasteiger partial charge is 0.338 e. The molecule has 0 saturated carbocycles. The average Bonchev–Trinajstić information content (AvgIpc) is 2.91. The van der Waals surface area contributed by atoms with Gasteiger partial charge in [0.05, 0.1) is 5.56 Å². The number of hydrogen-bond acceptors (Lipinski definition) is 3. The molecule has 3 rings (SSSR count). The molecule has 0 atom stereocenters. The third-order valence-electron chi connectivity index (χ3n) is 6.19. The molecule has 0 amide bonds. The Morgan fingerprint density at radius 3 is 2.14 bits per heavy atom. The molecule has 0 aromatic heterocycles. The van der Waals surface area contributed by atoms with E-state index in [9.17, 15) is 14.0 Å². The Kier molecular flexibility index (Phi) is 10.9. The predicted molar refractivity (Wildman–Crippen MR) is 147 cm³/mol. The van der Waals surface area contributed by atoms with Crippen LogP contribution in [0.15, 0.2) is 66.7 Å².